The standard InChI is InChI=1S/C23H28FN7O2S/c1-14(2)20-23(9-5-4-6-10-23)31-19(30(3)29-20)11-15-13-26-22(28-21(15)31)27-16-7-8-18(17(24)12-16)34(25,32)33/h7-8,11-14H,4-6,9-10H2,1-3H3,(H2,25,32,33)(H,26,27,28). The maximum absolute atomic E-state index is 14.3. The van der Waals surface area contributed by atoms with E-state index in [0.29, 0.717) is 11.6 Å². The van der Waals surface area contributed by atoms with E-state index in [-0.39, 0.29) is 11.5 Å². The lowest BCUT2D eigenvalue weighted by atomic mass is 9.74. The van der Waals surface area contributed by atoms with Gasteiger partial charge >= 0.3 is 0 Å². The smallest absolute Gasteiger partial charge is 0.240 e. The summed E-state index contributed by atoms with van der Waals surface area (Å²) in [5.74, 6) is 0.606. The third kappa shape index (κ3) is 3.63. The number of primary sulfonamides is 1. The normalized spacial score (nSPS) is 17.8. The van der Waals surface area contributed by atoms with Gasteiger partial charge in [0.05, 0.1) is 11.3 Å². The van der Waals surface area contributed by atoms with Gasteiger partial charge in [-0.25, -0.2) is 22.9 Å². The third-order valence-corrected chi connectivity index (χ3v) is 7.68. The quantitative estimate of drug-likeness (QED) is 0.575. The van der Waals surface area contributed by atoms with Crippen molar-refractivity contribution in [1.29, 1.82) is 0 Å². The van der Waals surface area contributed by atoms with Gasteiger partial charge in [-0.15, -0.1) is 0 Å². The number of aromatic nitrogens is 3. The average molecular weight is 486 g/mol. The average Bonchev–Trinajstić information content (AvgIpc) is 3.16. The van der Waals surface area contributed by atoms with Crippen LogP contribution in [0.25, 0.3) is 11.0 Å². The Morgan fingerprint density at radius 2 is 1.91 bits per heavy atom. The van der Waals surface area contributed by atoms with Gasteiger partial charge in [0.25, 0.3) is 0 Å². The van der Waals surface area contributed by atoms with Gasteiger partial charge in [0.2, 0.25) is 16.0 Å². The van der Waals surface area contributed by atoms with Crippen molar-refractivity contribution in [3.05, 3.63) is 36.3 Å². The molecular formula is C23H28FN7O2S. The molecule has 2 aliphatic rings. The highest BCUT2D eigenvalue weighted by Gasteiger charge is 2.45. The van der Waals surface area contributed by atoms with E-state index in [1.807, 2.05) is 12.1 Å². The molecule has 3 heterocycles. The van der Waals surface area contributed by atoms with E-state index in [9.17, 15) is 12.8 Å². The minimum Gasteiger partial charge on any atom is -0.324 e. The SMILES string of the molecule is CC(C)C1=NN(C)c2cc3cnc(Nc4ccc(S(N)(=O)=O)c(F)c4)nc3n2C12CCCCC2. The number of hydrazone groups is 1. The van der Waals surface area contributed by atoms with E-state index in [4.69, 9.17) is 15.2 Å². The molecule has 1 fully saturated rings. The van der Waals surface area contributed by atoms with Crippen molar-refractivity contribution in [2.24, 2.45) is 16.2 Å². The first-order valence-corrected chi connectivity index (χ1v) is 13.0. The second-order valence-electron chi connectivity index (χ2n) is 9.38. The number of fused-ring (bicyclic) bond motifs is 4. The summed E-state index contributed by atoms with van der Waals surface area (Å²) in [6, 6.07) is 5.68. The Kier molecular flexibility index (Phi) is 5.36. The molecule has 1 aliphatic heterocycles. The van der Waals surface area contributed by atoms with Gasteiger partial charge in [0, 0.05) is 24.3 Å². The molecule has 2 aromatic heterocycles. The first-order chi connectivity index (χ1) is 16.1. The zero-order valence-electron chi connectivity index (χ0n) is 19.4. The van der Waals surface area contributed by atoms with Gasteiger partial charge in [0.15, 0.2) is 0 Å². The largest absolute Gasteiger partial charge is 0.324 e. The third-order valence-electron chi connectivity index (χ3n) is 6.74. The number of hydrogen-bond donors (Lipinski definition) is 2. The summed E-state index contributed by atoms with van der Waals surface area (Å²) in [5.41, 5.74) is 2.04. The lowest BCUT2D eigenvalue weighted by Crippen LogP contribution is -2.50. The lowest BCUT2D eigenvalue weighted by Gasteiger charge is -2.46. The number of nitrogens with two attached hydrogens (primary N) is 1. The van der Waals surface area contributed by atoms with Crippen molar-refractivity contribution < 1.29 is 12.8 Å². The highest BCUT2D eigenvalue weighted by atomic mass is 32.2. The van der Waals surface area contributed by atoms with Crippen LogP contribution in [0.15, 0.2) is 40.5 Å². The number of nitrogens with one attached hydrogen (secondary N) is 1. The molecule has 9 nitrogen and oxygen atoms in total. The molecule has 34 heavy (non-hydrogen) atoms. The van der Waals surface area contributed by atoms with Crippen molar-refractivity contribution >= 4 is 44.2 Å². The van der Waals surface area contributed by atoms with Crippen LogP contribution in [0.5, 0.6) is 0 Å². The Hall–Kier alpha value is -3.05. The lowest BCUT2D eigenvalue weighted by molar-refractivity contribution is 0.274. The Morgan fingerprint density at radius 3 is 2.56 bits per heavy atom. The van der Waals surface area contributed by atoms with Crippen molar-refractivity contribution in [3.63, 3.8) is 0 Å². The molecule has 0 bridgehead atoms. The van der Waals surface area contributed by atoms with Crippen LogP contribution in [0.2, 0.25) is 0 Å². The molecule has 0 radical (unpaired) electrons. The van der Waals surface area contributed by atoms with Crippen LogP contribution >= 0.6 is 0 Å². The highest BCUT2D eigenvalue weighted by molar-refractivity contribution is 7.89. The van der Waals surface area contributed by atoms with Gasteiger partial charge in [0.1, 0.15) is 22.2 Å². The van der Waals surface area contributed by atoms with E-state index >= 15 is 0 Å². The summed E-state index contributed by atoms with van der Waals surface area (Å²) < 4.78 is 39.6. The van der Waals surface area contributed by atoms with Crippen LogP contribution in [-0.2, 0) is 15.6 Å². The monoisotopic (exact) mass is 485 g/mol. The predicted octanol–water partition coefficient (Wildman–Crippen LogP) is 4.08. The van der Waals surface area contributed by atoms with Crippen molar-refractivity contribution in [2.75, 3.05) is 17.4 Å². The van der Waals surface area contributed by atoms with E-state index in [2.05, 4.69) is 34.8 Å². The molecule has 0 atom stereocenters. The molecule has 0 amide bonds. The molecule has 1 saturated carbocycles. The number of anilines is 3. The van der Waals surface area contributed by atoms with Crippen molar-refractivity contribution in [1.82, 2.24) is 14.5 Å². The van der Waals surface area contributed by atoms with Gasteiger partial charge in [-0.1, -0.05) is 33.1 Å². The van der Waals surface area contributed by atoms with Crippen LogP contribution in [-0.4, -0.2) is 35.7 Å². The minimum absolute atomic E-state index is 0.231. The molecule has 0 unspecified atom stereocenters. The van der Waals surface area contributed by atoms with E-state index in [0.717, 1.165) is 60.4 Å². The summed E-state index contributed by atoms with van der Waals surface area (Å²) in [4.78, 5) is 8.66. The Balaban J connectivity index is 1.60. The van der Waals surface area contributed by atoms with Gasteiger partial charge in [-0.2, -0.15) is 10.1 Å². The van der Waals surface area contributed by atoms with Crippen LogP contribution in [0.1, 0.15) is 46.0 Å². The zero-order valence-corrected chi connectivity index (χ0v) is 20.2. The fourth-order valence-corrected chi connectivity index (χ4v) is 5.91. The number of nitrogens with zero attached hydrogens (tertiary/aromatic N) is 5. The number of sulfonamides is 1. The molecule has 1 aromatic carbocycles. The van der Waals surface area contributed by atoms with Crippen molar-refractivity contribution in [3.8, 4) is 0 Å². The first kappa shape index (κ1) is 22.7. The van der Waals surface area contributed by atoms with E-state index in [1.165, 1.54) is 12.5 Å². The maximum atomic E-state index is 14.3. The minimum atomic E-state index is -4.14. The number of benzene rings is 1. The van der Waals surface area contributed by atoms with Crippen molar-refractivity contribution in [2.45, 2.75) is 56.4 Å². The summed E-state index contributed by atoms with van der Waals surface area (Å²) in [6.07, 6.45) is 7.20. The molecule has 0 saturated heterocycles. The highest BCUT2D eigenvalue weighted by Crippen LogP contribution is 2.46. The predicted molar refractivity (Wildman–Crippen MR) is 130 cm³/mol. The Morgan fingerprint density at radius 1 is 1.18 bits per heavy atom. The fraction of sp³-hybridized carbons (Fsp3) is 0.435. The van der Waals surface area contributed by atoms with Crippen LogP contribution in [0.4, 0.5) is 21.8 Å². The van der Waals surface area contributed by atoms with Crippen LogP contribution < -0.4 is 15.5 Å². The molecular weight excluding hydrogens is 457 g/mol. The number of halogens is 1. The second-order valence-corrected chi connectivity index (χ2v) is 10.9. The zero-order chi connectivity index (χ0) is 24.3. The summed E-state index contributed by atoms with van der Waals surface area (Å²) in [5, 5.41) is 15.8. The molecule has 180 valence electrons. The number of rotatable bonds is 4. The van der Waals surface area contributed by atoms with E-state index in [1.54, 1.807) is 6.20 Å². The molecule has 5 rings (SSSR count). The van der Waals surface area contributed by atoms with Crippen LogP contribution in [0.3, 0.4) is 0 Å². The molecule has 1 aliphatic carbocycles. The van der Waals surface area contributed by atoms with Gasteiger partial charge < -0.3 is 5.32 Å². The van der Waals surface area contributed by atoms with Gasteiger partial charge in [-0.3, -0.25) is 9.58 Å². The Labute approximate surface area is 197 Å². The maximum Gasteiger partial charge on any atom is 0.240 e. The summed E-state index contributed by atoms with van der Waals surface area (Å²) >= 11 is 0. The van der Waals surface area contributed by atoms with E-state index < -0.39 is 20.7 Å². The molecule has 3 aromatic rings. The topological polar surface area (TPSA) is 118 Å². The Bertz CT molecular complexity index is 1410. The fourth-order valence-electron chi connectivity index (χ4n) is 5.32. The van der Waals surface area contributed by atoms with Crippen LogP contribution in [0, 0.1) is 11.7 Å². The second kappa shape index (κ2) is 8.02. The molecule has 11 heteroatoms. The summed E-state index contributed by atoms with van der Waals surface area (Å²) in [7, 11) is -2.19. The first-order valence-electron chi connectivity index (χ1n) is 11.4. The number of hydrogen-bond acceptors (Lipinski definition) is 7. The van der Waals surface area contributed by atoms with Gasteiger partial charge in [-0.05, 0) is 43.0 Å². The summed E-state index contributed by atoms with van der Waals surface area (Å²) in [6.45, 7) is 4.36. The molecule has 3 N–H and O–H groups in total. The molecule has 1 spiro atoms.